The average Bonchev–Trinajstić information content (AvgIpc) is 2.84. The number of aliphatic hydroxyl groups excluding tert-OH is 1. The van der Waals surface area contributed by atoms with E-state index in [0.29, 0.717) is 10.8 Å². The molecular formula is C11H10ClN3O3. The van der Waals surface area contributed by atoms with E-state index in [1.165, 1.54) is 0 Å². The van der Waals surface area contributed by atoms with Crippen LogP contribution in [0.3, 0.4) is 0 Å². The summed E-state index contributed by atoms with van der Waals surface area (Å²) in [6.07, 6.45) is 0. The van der Waals surface area contributed by atoms with Gasteiger partial charge in [0.05, 0.1) is 6.54 Å². The molecule has 1 aromatic carbocycles. The fraction of sp³-hybridized carbons (Fsp3) is 0.182. The molecule has 2 rings (SSSR count). The number of halogens is 1. The summed E-state index contributed by atoms with van der Waals surface area (Å²) in [6, 6.07) is 7.03. The molecule has 1 amide bonds. The topological polar surface area (TPSA) is 88.2 Å². The number of rotatable bonds is 4. The lowest BCUT2D eigenvalue weighted by Gasteiger charge is -1.96. The highest BCUT2D eigenvalue weighted by atomic mass is 35.5. The molecule has 1 heterocycles. The van der Waals surface area contributed by atoms with E-state index in [2.05, 4.69) is 15.5 Å². The molecule has 0 saturated heterocycles. The van der Waals surface area contributed by atoms with Gasteiger partial charge in [0.2, 0.25) is 17.6 Å². The molecule has 0 bridgehead atoms. The Morgan fingerprint density at radius 3 is 3.06 bits per heavy atom. The molecule has 6 nitrogen and oxygen atoms in total. The van der Waals surface area contributed by atoms with E-state index < -0.39 is 12.5 Å². The maximum atomic E-state index is 10.8. The maximum absolute atomic E-state index is 10.8. The standard InChI is InChI=1S/C11H10ClN3O3/c12-8-3-1-2-7(4-8)11-14-10(18-15-11)5-13-9(17)6-16/h1-4,16H,5-6H2,(H,13,17). The fourth-order valence-corrected chi connectivity index (χ4v) is 1.49. The van der Waals surface area contributed by atoms with Gasteiger partial charge in [-0.2, -0.15) is 4.98 Å². The van der Waals surface area contributed by atoms with E-state index in [0.717, 1.165) is 5.56 Å². The average molecular weight is 268 g/mol. The van der Waals surface area contributed by atoms with Gasteiger partial charge in [-0.1, -0.05) is 28.9 Å². The molecule has 0 spiro atoms. The highest BCUT2D eigenvalue weighted by molar-refractivity contribution is 6.30. The Balaban J connectivity index is 2.08. The Morgan fingerprint density at radius 1 is 1.50 bits per heavy atom. The zero-order valence-corrected chi connectivity index (χ0v) is 10.0. The molecule has 18 heavy (non-hydrogen) atoms. The Bertz CT molecular complexity index is 556. The second-order valence-electron chi connectivity index (χ2n) is 3.46. The Labute approximate surface area is 108 Å². The third-order valence-corrected chi connectivity index (χ3v) is 2.37. The van der Waals surface area contributed by atoms with Crippen LogP contribution in [0, 0.1) is 0 Å². The summed E-state index contributed by atoms with van der Waals surface area (Å²) in [7, 11) is 0. The number of carbonyl (C=O) groups excluding carboxylic acids is 1. The molecule has 2 aromatic rings. The number of nitrogens with zero attached hydrogens (tertiary/aromatic N) is 2. The van der Waals surface area contributed by atoms with Gasteiger partial charge >= 0.3 is 0 Å². The third kappa shape index (κ3) is 3.06. The van der Waals surface area contributed by atoms with Crippen molar-refractivity contribution in [2.24, 2.45) is 0 Å². The van der Waals surface area contributed by atoms with Gasteiger partial charge in [0.25, 0.3) is 0 Å². The second kappa shape index (κ2) is 5.61. The van der Waals surface area contributed by atoms with Gasteiger partial charge in [-0.25, -0.2) is 0 Å². The van der Waals surface area contributed by atoms with Crippen molar-refractivity contribution >= 4 is 17.5 Å². The first-order chi connectivity index (χ1) is 8.69. The quantitative estimate of drug-likeness (QED) is 0.863. The SMILES string of the molecule is O=C(CO)NCc1nc(-c2cccc(Cl)c2)no1. The van der Waals surface area contributed by atoms with Crippen molar-refractivity contribution < 1.29 is 14.4 Å². The predicted octanol–water partition coefficient (Wildman–Crippen LogP) is 0.998. The first kappa shape index (κ1) is 12.5. The van der Waals surface area contributed by atoms with Crippen molar-refractivity contribution in [1.82, 2.24) is 15.5 Å². The molecule has 2 N–H and O–H groups in total. The smallest absolute Gasteiger partial charge is 0.246 e. The highest BCUT2D eigenvalue weighted by Gasteiger charge is 2.09. The molecule has 0 aliphatic carbocycles. The number of hydrogen-bond acceptors (Lipinski definition) is 5. The highest BCUT2D eigenvalue weighted by Crippen LogP contribution is 2.19. The summed E-state index contributed by atoms with van der Waals surface area (Å²) in [5.74, 6) is 0.148. The van der Waals surface area contributed by atoms with Crippen LogP contribution in [0.1, 0.15) is 5.89 Å². The Morgan fingerprint density at radius 2 is 2.33 bits per heavy atom. The zero-order chi connectivity index (χ0) is 13.0. The second-order valence-corrected chi connectivity index (χ2v) is 3.89. The zero-order valence-electron chi connectivity index (χ0n) is 9.26. The van der Waals surface area contributed by atoms with Crippen molar-refractivity contribution in [1.29, 1.82) is 0 Å². The largest absolute Gasteiger partial charge is 0.387 e. The Hall–Kier alpha value is -1.92. The van der Waals surface area contributed by atoms with Crippen LogP contribution < -0.4 is 5.32 Å². The number of carbonyl (C=O) groups is 1. The molecule has 0 saturated carbocycles. The predicted molar refractivity (Wildman–Crippen MR) is 63.7 cm³/mol. The van der Waals surface area contributed by atoms with Crippen molar-refractivity contribution in [3.05, 3.63) is 35.2 Å². The van der Waals surface area contributed by atoms with Crippen LogP contribution in [0.15, 0.2) is 28.8 Å². The van der Waals surface area contributed by atoms with Crippen LogP contribution in [-0.4, -0.2) is 27.8 Å². The van der Waals surface area contributed by atoms with Gasteiger partial charge in [0, 0.05) is 10.6 Å². The molecule has 0 radical (unpaired) electrons. The number of aliphatic hydroxyl groups is 1. The third-order valence-electron chi connectivity index (χ3n) is 2.13. The molecular weight excluding hydrogens is 258 g/mol. The van der Waals surface area contributed by atoms with Crippen LogP contribution in [-0.2, 0) is 11.3 Å². The van der Waals surface area contributed by atoms with Crippen LogP contribution in [0.2, 0.25) is 5.02 Å². The van der Waals surface area contributed by atoms with Crippen molar-refractivity contribution in [2.75, 3.05) is 6.61 Å². The van der Waals surface area contributed by atoms with E-state index in [1.807, 2.05) is 0 Å². The van der Waals surface area contributed by atoms with Crippen LogP contribution in [0.25, 0.3) is 11.4 Å². The number of benzene rings is 1. The number of aromatic nitrogens is 2. The van der Waals surface area contributed by atoms with E-state index in [4.69, 9.17) is 21.2 Å². The number of hydrogen-bond donors (Lipinski definition) is 2. The minimum atomic E-state index is -0.574. The van der Waals surface area contributed by atoms with Gasteiger partial charge in [-0.05, 0) is 12.1 Å². The molecule has 0 unspecified atom stereocenters. The molecule has 1 aromatic heterocycles. The maximum Gasteiger partial charge on any atom is 0.246 e. The monoisotopic (exact) mass is 267 g/mol. The molecule has 0 aliphatic rings. The fourth-order valence-electron chi connectivity index (χ4n) is 1.30. The molecule has 0 fully saturated rings. The van der Waals surface area contributed by atoms with Gasteiger partial charge in [0.1, 0.15) is 6.61 Å². The molecule has 0 aliphatic heterocycles. The van der Waals surface area contributed by atoms with Crippen LogP contribution in [0.5, 0.6) is 0 Å². The summed E-state index contributed by atoms with van der Waals surface area (Å²) in [6.45, 7) is -0.498. The summed E-state index contributed by atoms with van der Waals surface area (Å²) in [5.41, 5.74) is 0.728. The lowest BCUT2D eigenvalue weighted by Crippen LogP contribution is -2.25. The van der Waals surface area contributed by atoms with E-state index in [1.54, 1.807) is 24.3 Å². The van der Waals surface area contributed by atoms with Crippen molar-refractivity contribution in [3.63, 3.8) is 0 Å². The summed E-state index contributed by atoms with van der Waals surface area (Å²) < 4.78 is 4.95. The lowest BCUT2D eigenvalue weighted by molar-refractivity contribution is -0.124. The molecule has 94 valence electrons. The minimum Gasteiger partial charge on any atom is -0.387 e. The van der Waals surface area contributed by atoms with Crippen molar-refractivity contribution in [3.8, 4) is 11.4 Å². The van der Waals surface area contributed by atoms with E-state index in [9.17, 15) is 4.79 Å². The molecule has 0 atom stereocenters. The van der Waals surface area contributed by atoms with E-state index in [-0.39, 0.29) is 12.4 Å². The lowest BCUT2D eigenvalue weighted by atomic mass is 10.2. The summed E-state index contributed by atoms with van der Waals surface area (Å²) >= 11 is 5.85. The first-order valence-corrected chi connectivity index (χ1v) is 5.53. The minimum absolute atomic E-state index is 0.0763. The molecule has 7 heteroatoms. The van der Waals surface area contributed by atoms with Crippen LogP contribution in [0.4, 0.5) is 0 Å². The normalized spacial score (nSPS) is 10.3. The number of amides is 1. The first-order valence-electron chi connectivity index (χ1n) is 5.15. The summed E-state index contributed by atoms with van der Waals surface area (Å²) in [5, 5.41) is 15.3. The number of nitrogens with one attached hydrogen (secondary N) is 1. The van der Waals surface area contributed by atoms with Gasteiger partial charge < -0.3 is 14.9 Å². The van der Waals surface area contributed by atoms with Gasteiger partial charge in [-0.3, -0.25) is 4.79 Å². The Kier molecular flexibility index (Phi) is 3.91. The van der Waals surface area contributed by atoms with Gasteiger partial charge in [-0.15, -0.1) is 0 Å². The van der Waals surface area contributed by atoms with Crippen LogP contribution >= 0.6 is 11.6 Å². The summed E-state index contributed by atoms with van der Waals surface area (Å²) in [4.78, 5) is 14.9. The van der Waals surface area contributed by atoms with Gasteiger partial charge in [0.15, 0.2) is 0 Å². The van der Waals surface area contributed by atoms with Crippen molar-refractivity contribution in [2.45, 2.75) is 6.54 Å². The van der Waals surface area contributed by atoms with E-state index >= 15 is 0 Å².